The molecule has 0 saturated carbocycles. The monoisotopic (exact) mass is 304 g/mol. The Labute approximate surface area is 131 Å². The van der Waals surface area contributed by atoms with Crippen molar-refractivity contribution < 1.29 is 4.74 Å². The van der Waals surface area contributed by atoms with Crippen LogP contribution in [0.4, 0.5) is 0 Å². The van der Waals surface area contributed by atoms with Gasteiger partial charge in [-0.1, -0.05) is 23.7 Å². The molecule has 1 heterocycles. The van der Waals surface area contributed by atoms with Gasteiger partial charge in [0.05, 0.1) is 12.8 Å². The molecule has 1 aromatic carbocycles. The van der Waals surface area contributed by atoms with E-state index in [1.165, 1.54) is 5.56 Å². The van der Waals surface area contributed by atoms with Gasteiger partial charge in [0.2, 0.25) is 0 Å². The first-order valence-electron chi connectivity index (χ1n) is 7.01. The quantitative estimate of drug-likeness (QED) is 0.898. The average molecular weight is 305 g/mol. The number of rotatable bonds is 5. The fourth-order valence-electron chi connectivity index (χ4n) is 2.39. The van der Waals surface area contributed by atoms with Gasteiger partial charge in [0.1, 0.15) is 5.75 Å². The van der Waals surface area contributed by atoms with E-state index in [0.29, 0.717) is 6.54 Å². The Bertz CT molecular complexity index is 628. The summed E-state index contributed by atoms with van der Waals surface area (Å²) in [6.07, 6.45) is 1.85. The molecule has 0 saturated heterocycles. The van der Waals surface area contributed by atoms with Crippen LogP contribution >= 0.6 is 11.6 Å². The van der Waals surface area contributed by atoms with Crippen molar-refractivity contribution >= 4 is 11.6 Å². The van der Waals surface area contributed by atoms with Gasteiger partial charge in [-0.25, -0.2) is 0 Å². The Morgan fingerprint density at radius 3 is 2.76 bits per heavy atom. The summed E-state index contributed by atoms with van der Waals surface area (Å²) in [5.41, 5.74) is 4.32. The molecule has 2 aromatic rings. The van der Waals surface area contributed by atoms with Gasteiger partial charge in [0.25, 0.3) is 0 Å². The van der Waals surface area contributed by atoms with Crippen LogP contribution in [0, 0.1) is 13.8 Å². The summed E-state index contributed by atoms with van der Waals surface area (Å²) in [4.78, 5) is 4.50. The molecule has 21 heavy (non-hydrogen) atoms. The number of aromatic nitrogens is 1. The molecule has 1 atom stereocenters. The molecule has 4 heteroatoms. The molecule has 1 aromatic heterocycles. The molecule has 1 N–H and O–H groups in total. The SMILES string of the molecule is COc1c(C)cnc(CN[C@H](C)c2cccc(Cl)c2)c1C. The van der Waals surface area contributed by atoms with Crippen LogP contribution in [0.5, 0.6) is 5.75 Å². The van der Waals surface area contributed by atoms with Crippen LogP contribution in [0.1, 0.15) is 35.3 Å². The van der Waals surface area contributed by atoms with Gasteiger partial charge in [0.15, 0.2) is 0 Å². The summed E-state index contributed by atoms with van der Waals surface area (Å²) in [5, 5.41) is 4.23. The normalized spacial score (nSPS) is 12.2. The van der Waals surface area contributed by atoms with Crippen LogP contribution in [-0.2, 0) is 6.54 Å². The molecule has 2 rings (SSSR count). The Morgan fingerprint density at radius 1 is 1.33 bits per heavy atom. The van der Waals surface area contributed by atoms with E-state index in [4.69, 9.17) is 16.3 Å². The number of ether oxygens (including phenoxy) is 1. The number of nitrogens with zero attached hydrogens (tertiary/aromatic N) is 1. The summed E-state index contributed by atoms with van der Waals surface area (Å²) in [7, 11) is 1.70. The lowest BCUT2D eigenvalue weighted by molar-refractivity contribution is 0.406. The molecule has 0 fully saturated rings. The maximum atomic E-state index is 6.03. The number of methoxy groups -OCH3 is 1. The van der Waals surface area contributed by atoms with E-state index >= 15 is 0 Å². The molecule has 0 aliphatic rings. The van der Waals surface area contributed by atoms with Crippen LogP contribution in [0.2, 0.25) is 5.02 Å². The van der Waals surface area contributed by atoms with Gasteiger partial charge >= 0.3 is 0 Å². The molecule has 0 amide bonds. The minimum atomic E-state index is 0.206. The zero-order valence-electron chi connectivity index (χ0n) is 12.9. The van der Waals surface area contributed by atoms with Crippen LogP contribution < -0.4 is 10.1 Å². The number of hydrogen-bond donors (Lipinski definition) is 1. The van der Waals surface area contributed by atoms with Crippen molar-refractivity contribution in [3.63, 3.8) is 0 Å². The molecule has 0 unspecified atom stereocenters. The summed E-state index contributed by atoms with van der Waals surface area (Å²) >= 11 is 6.03. The first kappa shape index (κ1) is 15.8. The zero-order valence-corrected chi connectivity index (χ0v) is 13.7. The fraction of sp³-hybridized carbons (Fsp3) is 0.353. The van der Waals surface area contributed by atoms with Gasteiger partial charge in [-0.3, -0.25) is 4.98 Å². The van der Waals surface area contributed by atoms with Crippen molar-refractivity contribution in [2.24, 2.45) is 0 Å². The first-order chi connectivity index (χ1) is 10.0. The van der Waals surface area contributed by atoms with Gasteiger partial charge in [0, 0.05) is 34.9 Å². The lowest BCUT2D eigenvalue weighted by atomic mass is 10.1. The summed E-state index contributed by atoms with van der Waals surface area (Å²) < 4.78 is 5.44. The second kappa shape index (κ2) is 6.92. The highest BCUT2D eigenvalue weighted by Crippen LogP contribution is 2.24. The van der Waals surface area contributed by atoms with Crippen molar-refractivity contribution in [1.82, 2.24) is 10.3 Å². The van der Waals surface area contributed by atoms with Crippen molar-refractivity contribution in [2.75, 3.05) is 7.11 Å². The maximum absolute atomic E-state index is 6.03. The third kappa shape index (κ3) is 3.74. The van der Waals surface area contributed by atoms with E-state index in [1.807, 2.05) is 38.2 Å². The Kier molecular flexibility index (Phi) is 5.21. The van der Waals surface area contributed by atoms with Crippen molar-refractivity contribution in [1.29, 1.82) is 0 Å². The molecule has 0 aliphatic heterocycles. The summed E-state index contributed by atoms with van der Waals surface area (Å²) in [6.45, 7) is 6.85. The standard InChI is InChI=1S/C17H21ClN2O/c1-11-9-20-16(12(2)17(11)21-4)10-19-13(3)14-6-5-7-15(18)8-14/h5-9,13,19H,10H2,1-4H3/t13-/m1/s1. The number of benzene rings is 1. The number of hydrogen-bond acceptors (Lipinski definition) is 3. The van der Waals surface area contributed by atoms with E-state index in [2.05, 4.69) is 23.3 Å². The number of aryl methyl sites for hydroxylation is 1. The molecular weight excluding hydrogens is 284 g/mol. The number of nitrogens with one attached hydrogen (secondary N) is 1. The molecule has 3 nitrogen and oxygen atoms in total. The molecular formula is C17H21ClN2O. The molecule has 0 radical (unpaired) electrons. The van der Waals surface area contributed by atoms with Gasteiger partial charge in [-0.2, -0.15) is 0 Å². The molecule has 112 valence electrons. The van der Waals surface area contributed by atoms with Gasteiger partial charge in [-0.05, 0) is 38.5 Å². The van der Waals surface area contributed by atoms with E-state index in [0.717, 1.165) is 27.6 Å². The van der Waals surface area contributed by atoms with E-state index < -0.39 is 0 Å². The summed E-state index contributed by atoms with van der Waals surface area (Å²) in [6, 6.07) is 8.11. The number of halogens is 1. The fourth-order valence-corrected chi connectivity index (χ4v) is 2.59. The van der Waals surface area contributed by atoms with Gasteiger partial charge in [-0.15, -0.1) is 0 Å². The lowest BCUT2D eigenvalue weighted by Crippen LogP contribution is -2.19. The minimum Gasteiger partial charge on any atom is -0.496 e. The van der Waals surface area contributed by atoms with E-state index in [-0.39, 0.29) is 6.04 Å². The first-order valence-corrected chi connectivity index (χ1v) is 7.38. The highest BCUT2D eigenvalue weighted by Gasteiger charge is 2.11. The maximum Gasteiger partial charge on any atom is 0.128 e. The second-order valence-electron chi connectivity index (χ2n) is 5.20. The largest absolute Gasteiger partial charge is 0.496 e. The highest BCUT2D eigenvalue weighted by molar-refractivity contribution is 6.30. The average Bonchev–Trinajstić information content (AvgIpc) is 2.46. The van der Waals surface area contributed by atoms with Crippen LogP contribution in [0.15, 0.2) is 30.5 Å². The topological polar surface area (TPSA) is 34.1 Å². The van der Waals surface area contributed by atoms with E-state index in [9.17, 15) is 0 Å². The highest BCUT2D eigenvalue weighted by atomic mass is 35.5. The van der Waals surface area contributed by atoms with E-state index in [1.54, 1.807) is 7.11 Å². The third-order valence-corrected chi connectivity index (χ3v) is 3.91. The molecule has 0 bridgehead atoms. The van der Waals surface area contributed by atoms with Crippen molar-refractivity contribution in [3.8, 4) is 5.75 Å². The Morgan fingerprint density at radius 2 is 2.10 bits per heavy atom. The van der Waals surface area contributed by atoms with Crippen LogP contribution in [0.3, 0.4) is 0 Å². The molecule has 0 aliphatic carbocycles. The Balaban J connectivity index is 2.10. The van der Waals surface area contributed by atoms with Crippen LogP contribution in [-0.4, -0.2) is 12.1 Å². The Hall–Kier alpha value is -1.58. The second-order valence-corrected chi connectivity index (χ2v) is 5.64. The smallest absolute Gasteiger partial charge is 0.128 e. The molecule has 0 spiro atoms. The lowest BCUT2D eigenvalue weighted by Gasteiger charge is -2.17. The van der Waals surface area contributed by atoms with Crippen LogP contribution in [0.25, 0.3) is 0 Å². The van der Waals surface area contributed by atoms with Crippen molar-refractivity contribution in [2.45, 2.75) is 33.4 Å². The number of pyridine rings is 1. The minimum absolute atomic E-state index is 0.206. The zero-order chi connectivity index (χ0) is 15.4. The van der Waals surface area contributed by atoms with Crippen molar-refractivity contribution in [3.05, 3.63) is 57.9 Å². The summed E-state index contributed by atoms with van der Waals surface area (Å²) in [5.74, 6) is 0.914. The predicted molar refractivity (Wildman–Crippen MR) is 87.0 cm³/mol. The predicted octanol–water partition coefficient (Wildman–Crippen LogP) is 4.21. The van der Waals surface area contributed by atoms with Gasteiger partial charge < -0.3 is 10.1 Å². The third-order valence-electron chi connectivity index (χ3n) is 3.67.